The van der Waals surface area contributed by atoms with Gasteiger partial charge in [0.1, 0.15) is 6.61 Å². The van der Waals surface area contributed by atoms with Gasteiger partial charge in [0.25, 0.3) is 0 Å². The maximum atomic E-state index is 11.0. The Kier molecular flexibility index (Phi) is 3.48. The summed E-state index contributed by atoms with van der Waals surface area (Å²) < 4.78 is 10.3. The molecule has 13 heavy (non-hydrogen) atoms. The first kappa shape index (κ1) is 10.3. The highest BCUT2D eigenvalue weighted by Gasteiger charge is 2.29. The van der Waals surface area contributed by atoms with Gasteiger partial charge in [0.15, 0.2) is 0 Å². The van der Waals surface area contributed by atoms with Crippen molar-refractivity contribution in [2.24, 2.45) is 0 Å². The molecule has 74 valence electrons. The maximum absolute atomic E-state index is 11.0. The van der Waals surface area contributed by atoms with E-state index in [4.69, 9.17) is 9.47 Å². The molecule has 3 nitrogen and oxygen atoms in total. The van der Waals surface area contributed by atoms with Gasteiger partial charge >= 0.3 is 5.97 Å². The fourth-order valence-corrected chi connectivity index (χ4v) is 1.22. The molecule has 0 aromatic rings. The van der Waals surface area contributed by atoms with Crippen LogP contribution in [-0.4, -0.2) is 24.8 Å². The van der Waals surface area contributed by atoms with E-state index in [2.05, 4.69) is 13.5 Å². The molecule has 1 fully saturated rings. The van der Waals surface area contributed by atoms with Crippen LogP contribution in [0.15, 0.2) is 12.2 Å². The Morgan fingerprint density at radius 2 is 2.23 bits per heavy atom. The Balaban J connectivity index is 2.08. The summed E-state index contributed by atoms with van der Waals surface area (Å²) in [4.78, 5) is 11.0. The fraction of sp³-hybridized carbons (Fsp3) is 0.700. The number of rotatable bonds is 4. The first-order valence-electron chi connectivity index (χ1n) is 4.61. The van der Waals surface area contributed by atoms with Crippen LogP contribution in [0.1, 0.15) is 26.7 Å². The topological polar surface area (TPSA) is 35.5 Å². The molecule has 1 aliphatic rings. The molecule has 0 bridgehead atoms. The van der Waals surface area contributed by atoms with Gasteiger partial charge in [-0.05, 0) is 13.3 Å². The summed E-state index contributed by atoms with van der Waals surface area (Å²) in [6, 6.07) is 0. The lowest BCUT2D eigenvalue weighted by Crippen LogP contribution is -2.40. The molecule has 0 aliphatic carbocycles. The standard InChI is InChI=1S/C10H16O3/c1-4-8-5-9(13-8)6-12-10(11)7(2)3/h8-9H,2,4-6H2,1,3H3. The largest absolute Gasteiger partial charge is 0.460 e. The van der Waals surface area contributed by atoms with Crippen molar-refractivity contribution in [3.05, 3.63) is 12.2 Å². The van der Waals surface area contributed by atoms with Crippen molar-refractivity contribution in [2.75, 3.05) is 6.61 Å². The minimum Gasteiger partial charge on any atom is -0.460 e. The van der Waals surface area contributed by atoms with E-state index < -0.39 is 0 Å². The number of hydrogen-bond donors (Lipinski definition) is 0. The summed E-state index contributed by atoms with van der Waals surface area (Å²) in [6.07, 6.45) is 2.51. The highest BCUT2D eigenvalue weighted by Crippen LogP contribution is 2.23. The van der Waals surface area contributed by atoms with Gasteiger partial charge in [-0.25, -0.2) is 4.79 Å². The molecule has 2 unspecified atom stereocenters. The van der Waals surface area contributed by atoms with Gasteiger partial charge < -0.3 is 9.47 Å². The normalized spacial score (nSPS) is 26.3. The molecular formula is C10H16O3. The van der Waals surface area contributed by atoms with Gasteiger partial charge in [-0.15, -0.1) is 0 Å². The molecule has 0 saturated carbocycles. The number of carbonyl (C=O) groups is 1. The van der Waals surface area contributed by atoms with Crippen LogP contribution < -0.4 is 0 Å². The van der Waals surface area contributed by atoms with Crippen LogP contribution in [0.5, 0.6) is 0 Å². The van der Waals surface area contributed by atoms with Crippen LogP contribution in [0.2, 0.25) is 0 Å². The summed E-state index contributed by atoms with van der Waals surface area (Å²) in [6.45, 7) is 7.58. The van der Waals surface area contributed by atoms with Crippen molar-refractivity contribution < 1.29 is 14.3 Å². The Bertz CT molecular complexity index is 204. The van der Waals surface area contributed by atoms with E-state index in [0.29, 0.717) is 18.3 Å². The first-order valence-corrected chi connectivity index (χ1v) is 4.61. The second kappa shape index (κ2) is 4.42. The predicted molar refractivity (Wildman–Crippen MR) is 49.3 cm³/mol. The minimum absolute atomic E-state index is 0.105. The Hall–Kier alpha value is -0.830. The van der Waals surface area contributed by atoms with E-state index in [-0.39, 0.29) is 12.1 Å². The van der Waals surface area contributed by atoms with Gasteiger partial charge in [-0.2, -0.15) is 0 Å². The lowest BCUT2D eigenvalue weighted by Gasteiger charge is -2.34. The predicted octanol–water partition coefficient (Wildman–Crippen LogP) is 1.67. The average molecular weight is 184 g/mol. The van der Waals surface area contributed by atoms with Crippen molar-refractivity contribution in [1.82, 2.24) is 0 Å². The SMILES string of the molecule is C=C(C)C(=O)OCC1CC(CC)O1. The van der Waals surface area contributed by atoms with E-state index in [1.165, 1.54) is 0 Å². The number of esters is 1. The van der Waals surface area contributed by atoms with Crippen molar-refractivity contribution in [3.8, 4) is 0 Å². The minimum atomic E-state index is -0.330. The quantitative estimate of drug-likeness (QED) is 0.492. The van der Waals surface area contributed by atoms with Crippen LogP contribution in [-0.2, 0) is 14.3 Å². The van der Waals surface area contributed by atoms with E-state index >= 15 is 0 Å². The third-order valence-corrected chi connectivity index (χ3v) is 2.11. The van der Waals surface area contributed by atoms with Crippen molar-refractivity contribution in [1.29, 1.82) is 0 Å². The molecule has 2 atom stereocenters. The first-order chi connectivity index (χ1) is 6.13. The van der Waals surface area contributed by atoms with Crippen LogP contribution in [0.25, 0.3) is 0 Å². The Morgan fingerprint density at radius 1 is 1.62 bits per heavy atom. The smallest absolute Gasteiger partial charge is 0.333 e. The summed E-state index contributed by atoms with van der Waals surface area (Å²) in [5, 5.41) is 0. The molecule has 1 rings (SSSR count). The molecule has 0 amide bonds. The molecule has 3 heteroatoms. The number of ether oxygens (including phenoxy) is 2. The zero-order valence-corrected chi connectivity index (χ0v) is 8.21. The van der Waals surface area contributed by atoms with Crippen molar-refractivity contribution >= 4 is 5.97 Å². The number of hydrogen-bond acceptors (Lipinski definition) is 3. The summed E-state index contributed by atoms with van der Waals surface area (Å²) in [7, 11) is 0. The van der Waals surface area contributed by atoms with E-state index in [1.807, 2.05) is 0 Å². The third kappa shape index (κ3) is 2.84. The van der Waals surface area contributed by atoms with Crippen LogP contribution in [0.4, 0.5) is 0 Å². The molecule has 1 aliphatic heterocycles. The molecule has 0 radical (unpaired) electrons. The van der Waals surface area contributed by atoms with Gasteiger partial charge in [-0.1, -0.05) is 13.5 Å². The van der Waals surface area contributed by atoms with Crippen LogP contribution in [0, 0.1) is 0 Å². The average Bonchev–Trinajstić information content (AvgIpc) is 2.01. The van der Waals surface area contributed by atoms with E-state index in [0.717, 1.165) is 12.8 Å². The summed E-state index contributed by atoms with van der Waals surface area (Å²) in [5.41, 5.74) is 0.436. The highest BCUT2D eigenvalue weighted by atomic mass is 16.6. The molecule has 0 aromatic heterocycles. The van der Waals surface area contributed by atoms with Crippen molar-refractivity contribution in [2.45, 2.75) is 38.9 Å². The number of carbonyl (C=O) groups excluding carboxylic acids is 1. The zero-order valence-electron chi connectivity index (χ0n) is 8.21. The van der Waals surface area contributed by atoms with E-state index in [1.54, 1.807) is 6.92 Å². The van der Waals surface area contributed by atoms with Gasteiger partial charge in [0, 0.05) is 12.0 Å². The van der Waals surface area contributed by atoms with Crippen LogP contribution >= 0.6 is 0 Å². The maximum Gasteiger partial charge on any atom is 0.333 e. The highest BCUT2D eigenvalue weighted by molar-refractivity contribution is 5.86. The fourth-order valence-electron chi connectivity index (χ4n) is 1.22. The van der Waals surface area contributed by atoms with Gasteiger partial charge in [0.05, 0.1) is 12.2 Å². The van der Waals surface area contributed by atoms with E-state index in [9.17, 15) is 4.79 Å². The molecular weight excluding hydrogens is 168 g/mol. The zero-order chi connectivity index (χ0) is 9.84. The van der Waals surface area contributed by atoms with Crippen LogP contribution in [0.3, 0.4) is 0 Å². The third-order valence-electron chi connectivity index (χ3n) is 2.11. The summed E-state index contributed by atoms with van der Waals surface area (Å²) >= 11 is 0. The second-order valence-corrected chi connectivity index (χ2v) is 3.40. The molecule has 0 spiro atoms. The van der Waals surface area contributed by atoms with Gasteiger partial charge in [-0.3, -0.25) is 0 Å². The monoisotopic (exact) mass is 184 g/mol. The Labute approximate surface area is 78.7 Å². The molecule has 0 aromatic carbocycles. The van der Waals surface area contributed by atoms with Crippen molar-refractivity contribution in [3.63, 3.8) is 0 Å². The lowest BCUT2D eigenvalue weighted by molar-refractivity contribution is -0.166. The second-order valence-electron chi connectivity index (χ2n) is 3.40. The molecule has 0 N–H and O–H groups in total. The van der Waals surface area contributed by atoms with Gasteiger partial charge in [0.2, 0.25) is 0 Å². The molecule has 1 heterocycles. The summed E-state index contributed by atoms with van der Waals surface area (Å²) in [5.74, 6) is -0.330. The Morgan fingerprint density at radius 3 is 2.69 bits per heavy atom. The molecule has 1 saturated heterocycles. The lowest BCUT2D eigenvalue weighted by atomic mass is 10.0.